The predicted molar refractivity (Wildman–Crippen MR) is 83.3 cm³/mol. The minimum Gasteiger partial charge on any atom is -0.380 e. The number of nitrogens with one attached hydrogen (secondary N) is 2. The second-order valence-corrected chi connectivity index (χ2v) is 5.18. The number of para-hydroxylation sites is 1. The van der Waals surface area contributed by atoms with Gasteiger partial charge in [0.05, 0.1) is 6.61 Å². The third kappa shape index (κ3) is 3.06. The van der Waals surface area contributed by atoms with Crippen LogP contribution in [0.3, 0.4) is 0 Å². The molecule has 4 heteroatoms. The maximum absolute atomic E-state index is 12.3. The van der Waals surface area contributed by atoms with Crippen molar-refractivity contribution in [2.24, 2.45) is 0 Å². The molecular weight excluding hydrogens is 264 g/mol. The van der Waals surface area contributed by atoms with E-state index in [0.717, 1.165) is 23.4 Å². The number of rotatable bonds is 4. The highest BCUT2D eigenvalue weighted by atomic mass is 16.5. The van der Waals surface area contributed by atoms with Crippen molar-refractivity contribution >= 4 is 17.3 Å². The molecule has 0 radical (unpaired) electrons. The zero-order valence-electron chi connectivity index (χ0n) is 11.9. The minimum absolute atomic E-state index is 0.0132. The first-order valence-corrected chi connectivity index (χ1v) is 6.99. The van der Waals surface area contributed by atoms with Gasteiger partial charge in [-0.25, -0.2) is 0 Å². The lowest BCUT2D eigenvalue weighted by Gasteiger charge is -2.12. The van der Waals surface area contributed by atoms with Gasteiger partial charge in [0.15, 0.2) is 0 Å². The summed E-state index contributed by atoms with van der Waals surface area (Å²) in [5, 5.41) is 6.22. The van der Waals surface area contributed by atoms with Gasteiger partial charge >= 0.3 is 0 Å². The van der Waals surface area contributed by atoms with Crippen LogP contribution in [0, 0.1) is 0 Å². The molecule has 1 aliphatic heterocycles. The van der Waals surface area contributed by atoms with Gasteiger partial charge in [0.2, 0.25) is 5.91 Å². The molecule has 0 unspecified atom stereocenters. The highest BCUT2D eigenvalue weighted by molar-refractivity contribution is 5.98. The monoisotopic (exact) mass is 282 g/mol. The van der Waals surface area contributed by atoms with E-state index in [1.165, 1.54) is 5.56 Å². The van der Waals surface area contributed by atoms with Gasteiger partial charge in [-0.3, -0.25) is 4.79 Å². The molecule has 0 bridgehead atoms. The van der Waals surface area contributed by atoms with Crippen LogP contribution in [0.15, 0.2) is 48.5 Å². The van der Waals surface area contributed by atoms with Crippen molar-refractivity contribution < 1.29 is 9.53 Å². The first-order valence-electron chi connectivity index (χ1n) is 6.99. The number of carbonyl (C=O) groups excluding carboxylic acids is 1. The van der Waals surface area contributed by atoms with Crippen molar-refractivity contribution in [2.45, 2.75) is 19.1 Å². The Labute approximate surface area is 124 Å². The van der Waals surface area contributed by atoms with Gasteiger partial charge in [-0.15, -0.1) is 0 Å². The number of ether oxygens (including phenoxy) is 1. The average Bonchev–Trinajstić information content (AvgIpc) is 2.92. The maximum Gasteiger partial charge on any atom is 0.247 e. The van der Waals surface area contributed by atoms with E-state index in [9.17, 15) is 4.79 Å². The van der Waals surface area contributed by atoms with Crippen molar-refractivity contribution in [3.8, 4) is 0 Å². The van der Waals surface area contributed by atoms with Gasteiger partial charge in [-0.2, -0.15) is 0 Å². The topological polar surface area (TPSA) is 50.4 Å². The SMILES string of the molecule is COCc1cccc(NC(=O)[C@@H]2Cc3ccccc3N2)c1. The summed E-state index contributed by atoms with van der Waals surface area (Å²) < 4.78 is 5.10. The molecule has 4 nitrogen and oxygen atoms in total. The fourth-order valence-electron chi connectivity index (χ4n) is 2.59. The lowest BCUT2D eigenvalue weighted by molar-refractivity contribution is -0.116. The number of anilines is 2. The summed E-state index contributed by atoms with van der Waals surface area (Å²) in [6, 6.07) is 15.5. The lowest BCUT2D eigenvalue weighted by atomic mass is 10.1. The Hall–Kier alpha value is -2.33. The molecule has 1 aliphatic rings. The number of hydrogen-bond donors (Lipinski definition) is 2. The van der Waals surface area contributed by atoms with Crippen LogP contribution in [0.1, 0.15) is 11.1 Å². The molecule has 3 rings (SSSR count). The quantitative estimate of drug-likeness (QED) is 0.906. The van der Waals surface area contributed by atoms with Crippen LogP contribution >= 0.6 is 0 Å². The van der Waals surface area contributed by atoms with E-state index in [2.05, 4.69) is 16.7 Å². The summed E-state index contributed by atoms with van der Waals surface area (Å²) in [6.45, 7) is 0.539. The third-order valence-corrected chi connectivity index (χ3v) is 3.59. The molecule has 1 amide bonds. The summed E-state index contributed by atoms with van der Waals surface area (Å²) in [6.07, 6.45) is 0.722. The van der Waals surface area contributed by atoms with Gasteiger partial charge in [0.25, 0.3) is 0 Å². The molecule has 0 aromatic heterocycles. The number of methoxy groups -OCH3 is 1. The van der Waals surface area contributed by atoms with E-state index in [1.54, 1.807) is 7.11 Å². The van der Waals surface area contributed by atoms with Crippen molar-refractivity contribution in [2.75, 3.05) is 17.7 Å². The van der Waals surface area contributed by atoms with Crippen LogP contribution in [0.5, 0.6) is 0 Å². The van der Waals surface area contributed by atoms with E-state index >= 15 is 0 Å². The average molecular weight is 282 g/mol. The molecule has 0 fully saturated rings. The fraction of sp³-hybridized carbons (Fsp3) is 0.235. The Morgan fingerprint density at radius 3 is 2.95 bits per heavy atom. The third-order valence-electron chi connectivity index (χ3n) is 3.59. The van der Waals surface area contributed by atoms with Gasteiger partial charge in [-0.05, 0) is 29.3 Å². The van der Waals surface area contributed by atoms with Crippen molar-refractivity contribution in [1.29, 1.82) is 0 Å². The lowest BCUT2D eigenvalue weighted by Crippen LogP contribution is -2.32. The number of fused-ring (bicyclic) bond motifs is 1. The van der Waals surface area contributed by atoms with Crippen LogP contribution in [-0.4, -0.2) is 19.1 Å². The van der Waals surface area contributed by atoms with E-state index in [0.29, 0.717) is 6.61 Å². The Balaban J connectivity index is 1.66. The van der Waals surface area contributed by atoms with E-state index in [1.807, 2.05) is 42.5 Å². The number of amides is 1. The molecule has 2 N–H and O–H groups in total. The zero-order valence-corrected chi connectivity index (χ0v) is 11.9. The highest BCUT2D eigenvalue weighted by Crippen LogP contribution is 2.25. The summed E-state index contributed by atoms with van der Waals surface area (Å²) in [5.41, 5.74) is 4.07. The van der Waals surface area contributed by atoms with Crippen LogP contribution in [-0.2, 0) is 22.6 Å². The van der Waals surface area contributed by atoms with Crippen LogP contribution < -0.4 is 10.6 Å². The molecule has 1 heterocycles. The van der Waals surface area contributed by atoms with Crippen LogP contribution in [0.25, 0.3) is 0 Å². The van der Waals surface area contributed by atoms with Gasteiger partial charge < -0.3 is 15.4 Å². The van der Waals surface area contributed by atoms with Gasteiger partial charge in [-0.1, -0.05) is 30.3 Å². The second kappa shape index (κ2) is 5.97. The Morgan fingerprint density at radius 1 is 1.29 bits per heavy atom. The number of hydrogen-bond acceptors (Lipinski definition) is 3. The molecular formula is C17H18N2O2. The summed E-state index contributed by atoms with van der Waals surface area (Å²) in [4.78, 5) is 12.3. The summed E-state index contributed by atoms with van der Waals surface area (Å²) in [7, 11) is 1.66. The molecule has 21 heavy (non-hydrogen) atoms. The Morgan fingerprint density at radius 2 is 2.14 bits per heavy atom. The highest BCUT2D eigenvalue weighted by Gasteiger charge is 2.26. The molecule has 2 aromatic carbocycles. The van der Waals surface area contributed by atoms with Crippen molar-refractivity contribution in [1.82, 2.24) is 0 Å². The minimum atomic E-state index is -0.214. The maximum atomic E-state index is 12.3. The van der Waals surface area contributed by atoms with Gasteiger partial charge in [0.1, 0.15) is 6.04 Å². The molecule has 108 valence electrons. The van der Waals surface area contributed by atoms with E-state index in [4.69, 9.17) is 4.74 Å². The van der Waals surface area contributed by atoms with E-state index in [-0.39, 0.29) is 11.9 Å². The number of benzene rings is 2. The molecule has 0 saturated heterocycles. The van der Waals surface area contributed by atoms with Crippen molar-refractivity contribution in [3.05, 3.63) is 59.7 Å². The zero-order chi connectivity index (χ0) is 14.7. The van der Waals surface area contributed by atoms with Gasteiger partial charge in [0, 0.05) is 24.9 Å². The molecule has 1 atom stereocenters. The first kappa shape index (κ1) is 13.6. The van der Waals surface area contributed by atoms with Crippen LogP contribution in [0.2, 0.25) is 0 Å². The number of carbonyl (C=O) groups is 1. The summed E-state index contributed by atoms with van der Waals surface area (Å²) >= 11 is 0. The van der Waals surface area contributed by atoms with E-state index < -0.39 is 0 Å². The molecule has 0 spiro atoms. The summed E-state index contributed by atoms with van der Waals surface area (Å²) in [5.74, 6) is -0.0132. The standard InChI is InChI=1S/C17H18N2O2/c1-21-11-12-5-4-7-14(9-12)18-17(20)16-10-13-6-2-3-8-15(13)19-16/h2-9,16,19H,10-11H2,1H3,(H,18,20)/t16-/m0/s1. The van der Waals surface area contributed by atoms with Crippen molar-refractivity contribution in [3.63, 3.8) is 0 Å². The second-order valence-electron chi connectivity index (χ2n) is 5.18. The molecule has 2 aromatic rings. The molecule has 0 aliphatic carbocycles. The predicted octanol–water partition coefficient (Wildman–Crippen LogP) is 2.81. The Kier molecular flexibility index (Phi) is 3.88. The fourth-order valence-corrected chi connectivity index (χ4v) is 2.59. The molecule has 0 saturated carbocycles. The Bertz CT molecular complexity index is 630. The smallest absolute Gasteiger partial charge is 0.247 e. The van der Waals surface area contributed by atoms with Crippen LogP contribution in [0.4, 0.5) is 11.4 Å². The largest absolute Gasteiger partial charge is 0.380 e. The normalized spacial score (nSPS) is 16.1. The first-order chi connectivity index (χ1) is 10.3.